The number of rotatable bonds is 6. The molecular formula is C13H19NO3S. The Morgan fingerprint density at radius 1 is 1.33 bits per heavy atom. The van der Waals surface area contributed by atoms with Crippen LogP contribution in [0, 0.1) is 0 Å². The highest BCUT2D eigenvalue weighted by atomic mass is 32.2. The first kappa shape index (κ1) is 13.4. The predicted molar refractivity (Wildman–Crippen MR) is 72.5 cm³/mol. The summed E-state index contributed by atoms with van der Waals surface area (Å²) in [5, 5.41) is 3.37. The van der Waals surface area contributed by atoms with Gasteiger partial charge in [0.1, 0.15) is 0 Å². The van der Waals surface area contributed by atoms with Crippen molar-refractivity contribution in [3.8, 4) is 11.5 Å². The van der Waals surface area contributed by atoms with Crippen LogP contribution in [0.2, 0.25) is 0 Å². The molecule has 0 aliphatic carbocycles. The first-order valence-electron chi connectivity index (χ1n) is 6.22. The van der Waals surface area contributed by atoms with Crippen LogP contribution in [-0.2, 0) is 10.8 Å². The average Bonchev–Trinajstić information content (AvgIpc) is 2.85. The fourth-order valence-electron chi connectivity index (χ4n) is 1.95. The Bertz CT molecular complexity index is 436. The average molecular weight is 269 g/mol. The summed E-state index contributed by atoms with van der Waals surface area (Å²) in [6.07, 6.45) is 0. The Morgan fingerprint density at radius 3 is 2.83 bits per heavy atom. The third-order valence-corrected chi connectivity index (χ3v) is 4.27. The van der Waals surface area contributed by atoms with Gasteiger partial charge in [0.25, 0.3) is 0 Å². The molecule has 1 N–H and O–H groups in total. The summed E-state index contributed by atoms with van der Waals surface area (Å²) >= 11 is 0. The summed E-state index contributed by atoms with van der Waals surface area (Å²) in [7, 11) is -0.792. The highest BCUT2D eigenvalue weighted by Gasteiger charge is 2.18. The van der Waals surface area contributed by atoms with Crippen LogP contribution < -0.4 is 14.8 Å². The molecule has 2 unspecified atom stereocenters. The summed E-state index contributed by atoms with van der Waals surface area (Å²) in [6.45, 7) is 5.12. The van der Waals surface area contributed by atoms with Gasteiger partial charge in [-0.15, -0.1) is 0 Å². The maximum atomic E-state index is 11.7. The lowest BCUT2D eigenvalue weighted by Gasteiger charge is -2.18. The third kappa shape index (κ3) is 3.03. The van der Waals surface area contributed by atoms with Gasteiger partial charge in [0.2, 0.25) is 6.79 Å². The molecule has 100 valence electrons. The number of benzene rings is 1. The molecule has 1 aromatic carbocycles. The van der Waals surface area contributed by atoms with Crippen LogP contribution in [0.5, 0.6) is 11.5 Å². The zero-order valence-electron chi connectivity index (χ0n) is 10.8. The normalized spacial score (nSPS) is 16.6. The van der Waals surface area contributed by atoms with E-state index in [1.54, 1.807) is 0 Å². The number of nitrogens with one attached hydrogen (secondary N) is 1. The van der Waals surface area contributed by atoms with Crippen LogP contribution in [-0.4, -0.2) is 29.1 Å². The minimum Gasteiger partial charge on any atom is -0.454 e. The predicted octanol–water partition coefficient (Wildman–Crippen LogP) is 1.83. The Balaban J connectivity index is 2.17. The third-order valence-electron chi connectivity index (χ3n) is 2.92. The van der Waals surface area contributed by atoms with Crippen molar-refractivity contribution in [1.82, 2.24) is 5.32 Å². The van der Waals surface area contributed by atoms with Crippen molar-refractivity contribution in [2.45, 2.75) is 19.9 Å². The molecule has 0 radical (unpaired) electrons. The van der Waals surface area contributed by atoms with Crippen LogP contribution in [0.1, 0.15) is 25.5 Å². The minimum absolute atomic E-state index is 0.102. The van der Waals surface area contributed by atoms with E-state index in [4.69, 9.17) is 9.47 Å². The van der Waals surface area contributed by atoms with Gasteiger partial charge in [-0.3, -0.25) is 4.21 Å². The second kappa shape index (κ2) is 6.20. The van der Waals surface area contributed by atoms with Gasteiger partial charge in [0.15, 0.2) is 11.5 Å². The van der Waals surface area contributed by atoms with Gasteiger partial charge in [-0.1, -0.05) is 19.9 Å². The Kier molecular flexibility index (Phi) is 4.60. The zero-order valence-corrected chi connectivity index (χ0v) is 11.6. The lowest BCUT2D eigenvalue weighted by atomic mass is 10.1. The number of hydrogen-bond donors (Lipinski definition) is 1. The van der Waals surface area contributed by atoms with Gasteiger partial charge in [-0.05, 0) is 24.2 Å². The molecule has 0 amide bonds. The molecule has 1 aliphatic heterocycles. The summed E-state index contributed by atoms with van der Waals surface area (Å²) in [5.74, 6) is 2.87. The van der Waals surface area contributed by atoms with Crippen molar-refractivity contribution in [3.63, 3.8) is 0 Å². The Labute approximate surface area is 110 Å². The molecule has 18 heavy (non-hydrogen) atoms. The van der Waals surface area contributed by atoms with Gasteiger partial charge in [-0.2, -0.15) is 0 Å². The lowest BCUT2D eigenvalue weighted by Crippen LogP contribution is -2.26. The van der Waals surface area contributed by atoms with E-state index in [-0.39, 0.29) is 12.8 Å². The molecule has 0 bridgehead atoms. The van der Waals surface area contributed by atoms with E-state index in [0.29, 0.717) is 11.5 Å². The second-order valence-electron chi connectivity index (χ2n) is 4.12. The molecule has 4 nitrogen and oxygen atoms in total. The molecule has 2 atom stereocenters. The van der Waals surface area contributed by atoms with Crippen LogP contribution in [0.4, 0.5) is 0 Å². The van der Waals surface area contributed by atoms with E-state index in [1.165, 1.54) is 0 Å². The van der Waals surface area contributed by atoms with Crippen LogP contribution in [0.3, 0.4) is 0 Å². The molecule has 0 fully saturated rings. The summed E-state index contributed by atoms with van der Waals surface area (Å²) in [6, 6.07) is 6.00. The first-order valence-corrected chi connectivity index (χ1v) is 7.71. The first-order chi connectivity index (χ1) is 8.74. The van der Waals surface area contributed by atoms with Crippen molar-refractivity contribution in [1.29, 1.82) is 0 Å². The molecule has 1 heterocycles. The fourth-order valence-corrected chi connectivity index (χ4v) is 2.87. The van der Waals surface area contributed by atoms with Crippen molar-refractivity contribution in [2.75, 3.05) is 24.8 Å². The molecule has 0 spiro atoms. The molecular weight excluding hydrogens is 250 g/mol. The van der Waals surface area contributed by atoms with Crippen LogP contribution in [0.25, 0.3) is 0 Å². The SMILES string of the molecule is CCNC(CS(=O)CC)c1ccc2c(c1)OCO2. The van der Waals surface area contributed by atoms with E-state index in [2.05, 4.69) is 12.2 Å². The van der Waals surface area contributed by atoms with Crippen LogP contribution in [0.15, 0.2) is 18.2 Å². The Hall–Kier alpha value is -1.07. The summed E-state index contributed by atoms with van der Waals surface area (Å²) in [5.41, 5.74) is 1.10. The van der Waals surface area contributed by atoms with E-state index in [1.807, 2.05) is 25.1 Å². The van der Waals surface area contributed by atoms with Gasteiger partial charge >= 0.3 is 0 Å². The maximum Gasteiger partial charge on any atom is 0.231 e. The monoisotopic (exact) mass is 269 g/mol. The fraction of sp³-hybridized carbons (Fsp3) is 0.538. The van der Waals surface area contributed by atoms with Crippen molar-refractivity contribution < 1.29 is 13.7 Å². The van der Waals surface area contributed by atoms with E-state index < -0.39 is 10.8 Å². The van der Waals surface area contributed by atoms with Crippen molar-refractivity contribution >= 4 is 10.8 Å². The van der Waals surface area contributed by atoms with Gasteiger partial charge in [0.05, 0.1) is 0 Å². The summed E-state index contributed by atoms with van der Waals surface area (Å²) < 4.78 is 22.4. The number of fused-ring (bicyclic) bond motifs is 1. The van der Waals surface area contributed by atoms with Crippen molar-refractivity contribution in [3.05, 3.63) is 23.8 Å². The number of hydrogen-bond acceptors (Lipinski definition) is 4. The topological polar surface area (TPSA) is 47.6 Å². The quantitative estimate of drug-likeness (QED) is 0.856. The molecule has 0 aromatic heterocycles. The summed E-state index contributed by atoms with van der Waals surface area (Å²) in [4.78, 5) is 0. The number of ether oxygens (including phenoxy) is 2. The Morgan fingerprint density at radius 2 is 2.11 bits per heavy atom. The second-order valence-corrected chi connectivity index (χ2v) is 5.91. The highest BCUT2D eigenvalue weighted by Crippen LogP contribution is 2.34. The van der Waals surface area contributed by atoms with Crippen LogP contribution >= 0.6 is 0 Å². The largest absolute Gasteiger partial charge is 0.454 e. The lowest BCUT2D eigenvalue weighted by molar-refractivity contribution is 0.174. The molecule has 1 aromatic rings. The van der Waals surface area contributed by atoms with Gasteiger partial charge in [0, 0.05) is 28.3 Å². The van der Waals surface area contributed by atoms with Crippen molar-refractivity contribution in [2.24, 2.45) is 0 Å². The van der Waals surface area contributed by atoms with E-state index in [0.717, 1.165) is 23.6 Å². The molecule has 0 saturated heterocycles. The van der Waals surface area contributed by atoms with E-state index in [9.17, 15) is 4.21 Å². The van der Waals surface area contributed by atoms with Gasteiger partial charge < -0.3 is 14.8 Å². The molecule has 5 heteroatoms. The molecule has 1 aliphatic rings. The highest BCUT2D eigenvalue weighted by molar-refractivity contribution is 7.84. The maximum absolute atomic E-state index is 11.7. The smallest absolute Gasteiger partial charge is 0.231 e. The van der Waals surface area contributed by atoms with Gasteiger partial charge in [-0.25, -0.2) is 0 Å². The molecule has 0 saturated carbocycles. The zero-order chi connectivity index (χ0) is 13.0. The minimum atomic E-state index is -0.792. The standard InChI is InChI=1S/C13H19NO3S/c1-3-14-11(8-18(15)4-2)10-5-6-12-13(7-10)17-9-16-12/h5-7,11,14H,3-4,8-9H2,1-2H3. The molecule has 2 rings (SSSR count). The van der Waals surface area contributed by atoms with E-state index >= 15 is 0 Å².